The predicted molar refractivity (Wildman–Crippen MR) is 86.0 cm³/mol. The van der Waals surface area contributed by atoms with Gasteiger partial charge in [0.2, 0.25) is 17.8 Å². The molecule has 118 valence electrons. The molecule has 0 bridgehead atoms. The molecule has 7 nitrogen and oxygen atoms in total. The van der Waals surface area contributed by atoms with Gasteiger partial charge in [-0.1, -0.05) is 22.0 Å². The average Bonchev–Trinajstić information content (AvgIpc) is 3.30. The summed E-state index contributed by atoms with van der Waals surface area (Å²) in [6.45, 7) is 0. The number of nitrogens with zero attached hydrogens (tertiary/aromatic N) is 2. The number of pyridine rings is 1. The molecular formula is C15H12BrN3O4. The monoisotopic (exact) mass is 377 g/mol. The maximum Gasteiger partial charge on any atom is 0.234 e. The van der Waals surface area contributed by atoms with Gasteiger partial charge in [-0.25, -0.2) is 4.98 Å². The van der Waals surface area contributed by atoms with Crippen LogP contribution in [-0.4, -0.2) is 21.9 Å². The van der Waals surface area contributed by atoms with Crippen molar-refractivity contribution in [3.63, 3.8) is 0 Å². The Kier molecular flexibility index (Phi) is 4.24. The number of nitrogens with one attached hydrogen (secondary N) is 1. The number of hydrogen-bond acceptors (Lipinski definition) is 5. The predicted octanol–water partition coefficient (Wildman–Crippen LogP) is 3.24. The lowest BCUT2D eigenvalue weighted by Gasteiger charge is -2.07. The molecule has 1 aliphatic carbocycles. The van der Waals surface area contributed by atoms with Crippen LogP contribution in [0.25, 0.3) is 0 Å². The molecule has 2 aromatic rings. The van der Waals surface area contributed by atoms with E-state index in [2.05, 4.69) is 26.2 Å². The number of carbonyl (C=O) groups excluding carboxylic acids is 1. The lowest BCUT2D eigenvalue weighted by atomic mass is 10.3. The third-order valence-corrected chi connectivity index (χ3v) is 3.88. The minimum Gasteiger partial charge on any atom is -0.439 e. The van der Waals surface area contributed by atoms with Gasteiger partial charge in [-0.15, -0.1) is 0 Å². The number of carbonyl (C=O) groups is 1. The molecule has 8 heteroatoms. The van der Waals surface area contributed by atoms with Gasteiger partial charge in [0.1, 0.15) is 11.7 Å². The van der Waals surface area contributed by atoms with Crippen LogP contribution in [0.2, 0.25) is 0 Å². The van der Waals surface area contributed by atoms with Gasteiger partial charge in [-0.3, -0.25) is 14.9 Å². The number of rotatable bonds is 5. The standard InChI is InChI=1S/C15H12BrN3O4/c16-9-2-1-3-11(6-9)23-14-5-4-10(8-17-14)18-15(20)12-7-13(12)19(21)22/h1-6,8,12-13H,7H2,(H,18,20). The Morgan fingerprint density at radius 1 is 1.39 bits per heavy atom. The molecule has 1 aliphatic rings. The molecule has 1 aromatic heterocycles. The van der Waals surface area contributed by atoms with Gasteiger partial charge in [0.05, 0.1) is 11.9 Å². The molecule has 0 radical (unpaired) electrons. The van der Waals surface area contributed by atoms with E-state index in [4.69, 9.17) is 4.74 Å². The van der Waals surface area contributed by atoms with Gasteiger partial charge >= 0.3 is 0 Å². The Balaban J connectivity index is 1.59. The zero-order chi connectivity index (χ0) is 16.4. The SMILES string of the molecule is O=C(Nc1ccc(Oc2cccc(Br)c2)nc1)C1CC1[N+](=O)[O-]. The van der Waals surface area contributed by atoms with E-state index in [0.717, 1.165) is 4.47 Å². The van der Waals surface area contributed by atoms with Crippen molar-refractivity contribution < 1.29 is 14.5 Å². The summed E-state index contributed by atoms with van der Waals surface area (Å²) >= 11 is 3.35. The summed E-state index contributed by atoms with van der Waals surface area (Å²) in [5, 5.41) is 13.2. The Bertz CT molecular complexity index is 751. The zero-order valence-electron chi connectivity index (χ0n) is 11.8. The van der Waals surface area contributed by atoms with Crippen molar-refractivity contribution in [2.24, 2.45) is 5.92 Å². The van der Waals surface area contributed by atoms with E-state index in [1.54, 1.807) is 18.2 Å². The van der Waals surface area contributed by atoms with E-state index in [1.807, 2.05) is 18.2 Å². The smallest absolute Gasteiger partial charge is 0.234 e. The van der Waals surface area contributed by atoms with Crippen LogP contribution < -0.4 is 10.1 Å². The summed E-state index contributed by atoms with van der Waals surface area (Å²) in [6.07, 6.45) is 1.74. The first-order valence-electron chi connectivity index (χ1n) is 6.87. The number of benzene rings is 1. The van der Waals surface area contributed by atoms with Crippen LogP contribution in [0.3, 0.4) is 0 Å². The van der Waals surface area contributed by atoms with E-state index < -0.39 is 16.9 Å². The van der Waals surface area contributed by atoms with E-state index in [0.29, 0.717) is 17.3 Å². The zero-order valence-corrected chi connectivity index (χ0v) is 13.4. The van der Waals surface area contributed by atoms with Crippen molar-refractivity contribution in [1.29, 1.82) is 0 Å². The first kappa shape index (κ1) is 15.4. The largest absolute Gasteiger partial charge is 0.439 e. The molecule has 0 spiro atoms. The molecule has 1 aromatic carbocycles. The summed E-state index contributed by atoms with van der Waals surface area (Å²) in [6, 6.07) is 9.83. The van der Waals surface area contributed by atoms with E-state index in [9.17, 15) is 14.9 Å². The minimum absolute atomic E-state index is 0.288. The number of nitro groups is 1. The second kappa shape index (κ2) is 6.33. The molecule has 1 N–H and O–H groups in total. The second-order valence-corrected chi connectivity index (χ2v) is 6.04. The molecule has 1 saturated carbocycles. The highest BCUT2D eigenvalue weighted by atomic mass is 79.9. The van der Waals surface area contributed by atoms with Crippen molar-refractivity contribution in [1.82, 2.24) is 4.98 Å². The summed E-state index contributed by atoms with van der Waals surface area (Å²) in [5.74, 6) is 0.114. The average molecular weight is 378 g/mol. The first-order chi connectivity index (χ1) is 11.0. The summed E-state index contributed by atoms with van der Waals surface area (Å²) in [4.78, 5) is 26.1. The normalized spacial score (nSPS) is 19.0. The number of anilines is 1. The first-order valence-corrected chi connectivity index (χ1v) is 7.66. The van der Waals surface area contributed by atoms with Crippen LogP contribution in [0, 0.1) is 16.0 Å². The van der Waals surface area contributed by atoms with Gasteiger partial charge in [0.25, 0.3) is 0 Å². The third-order valence-electron chi connectivity index (χ3n) is 3.39. The summed E-state index contributed by atoms with van der Waals surface area (Å²) in [5.41, 5.74) is 0.477. The second-order valence-electron chi connectivity index (χ2n) is 5.13. The van der Waals surface area contributed by atoms with Crippen LogP contribution >= 0.6 is 15.9 Å². The summed E-state index contributed by atoms with van der Waals surface area (Å²) in [7, 11) is 0. The van der Waals surface area contributed by atoms with Gasteiger partial charge in [-0.05, 0) is 24.3 Å². The van der Waals surface area contributed by atoms with E-state index in [1.165, 1.54) is 6.20 Å². The van der Waals surface area contributed by atoms with Gasteiger partial charge < -0.3 is 10.1 Å². The highest BCUT2D eigenvalue weighted by Gasteiger charge is 2.53. The lowest BCUT2D eigenvalue weighted by molar-refractivity contribution is -0.497. The highest BCUT2D eigenvalue weighted by molar-refractivity contribution is 9.10. The molecule has 1 heterocycles. The maximum atomic E-state index is 11.8. The van der Waals surface area contributed by atoms with E-state index in [-0.39, 0.29) is 12.3 Å². The topological polar surface area (TPSA) is 94.4 Å². The van der Waals surface area contributed by atoms with Crippen LogP contribution in [0.1, 0.15) is 6.42 Å². The van der Waals surface area contributed by atoms with Gasteiger partial charge in [0.15, 0.2) is 0 Å². The lowest BCUT2D eigenvalue weighted by Crippen LogP contribution is -2.18. The van der Waals surface area contributed by atoms with Crippen molar-refractivity contribution in [3.05, 3.63) is 57.2 Å². The Morgan fingerprint density at radius 2 is 2.22 bits per heavy atom. The molecule has 0 aliphatic heterocycles. The number of ether oxygens (including phenoxy) is 1. The fourth-order valence-electron chi connectivity index (χ4n) is 2.10. The third kappa shape index (κ3) is 3.84. The Morgan fingerprint density at radius 3 is 2.83 bits per heavy atom. The molecule has 0 saturated heterocycles. The number of hydrogen-bond donors (Lipinski definition) is 1. The molecular weight excluding hydrogens is 366 g/mol. The van der Waals surface area contributed by atoms with Crippen molar-refractivity contribution in [2.75, 3.05) is 5.32 Å². The Labute approximate surface area is 140 Å². The van der Waals surface area contributed by atoms with Crippen molar-refractivity contribution in [3.8, 4) is 11.6 Å². The van der Waals surface area contributed by atoms with Gasteiger partial charge in [0, 0.05) is 21.9 Å². The van der Waals surface area contributed by atoms with Crippen molar-refractivity contribution in [2.45, 2.75) is 12.5 Å². The van der Waals surface area contributed by atoms with Crippen LogP contribution in [0.5, 0.6) is 11.6 Å². The van der Waals surface area contributed by atoms with Crippen LogP contribution in [0.15, 0.2) is 47.1 Å². The quantitative estimate of drug-likeness (QED) is 0.637. The number of aromatic nitrogens is 1. The molecule has 23 heavy (non-hydrogen) atoms. The fraction of sp³-hybridized carbons (Fsp3) is 0.200. The highest BCUT2D eigenvalue weighted by Crippen LogP contribution is 2.34. The molecule has 2 unspecified atom stereocenters. The van der Waals surface area contributed by atoms with Crippen LogP contribution in [0.4, 0.5) is 5.69 Å². The minimum atomic E-state index is -0.762. The Hall–Kier alpha value is -2.48. The van der Waals surface area contributed by atoms with Gasteiger partial charge in [-0.2, -0.15) is 0 Å². The maximum absolute atomic E-state index is 11.8. The molecule has 3 rings (SSSR count). The molecule has 1 fully saturated rings. The molecule has 1 amide bonds. The van der Waals surface area contributed by atoms with E-state index >= 15 is 0 Å². The van der Waals surface area contributed by atoms with Crippen LogP contribution in [-0.2, 0) is 4.79 Å². The summed E-state index contributed by atoms with van der Waals surface area (Å²) < 4.78 is 6.48. The van der Waals surface area contributed by atoms with Crippen molar-refractivity contribution >= 4 is 27.5 Å². The number of amides is 1. The molecule has 2 atom stereocenters. The fourth-order valence-corrected chi connectivity index (χ4v) is 2.48. The number of halogens is 1.